The van der Waals surface area contributed by atoms with Gasteiger partial charge in [0, 0.05) is 33.8 Å². The molecule has 0 fully saturated rings. The minimum absolute atomic E-state index is 0.00451. The van der Waals surface area contributed by atoms with Crippen molar-refractivity contribution < 1.29 is 0 Å². The van der Waals surface area contributed by atoms with Crippen LogP contribution in [0.25, 0.3) is 38.2 Å². The Hall–Kier alpha value is -3.14. The molecule has 2 aromatic heterocycles. The van der Waals surface area contributed by atoms with Gasteiger partial charge in [-0.05, 0) is 30.7 Å². The lowest BCUT2D eigenvalue weighted by molar-refractivity contribution is 0.617. The van der Waals surface area contributed by atoms with Crippen LogP contribution >= 0.6 is 0 Å². The molecule has 0 saturated heterocycles. The first-order valence-electron chi connectivity index (χ1n) is 11.1. The fourth-order valence-corrected chi connectivity index (χ4v) is 4.59. The van der Waals surface area contributed by atoms with Crippen molar-refractivity contribution in [3.8, 4) is 0 Å². The molecule has 0 unspecified atom stereocenters. The van der Waals surface area contributed by atoms with E-state index in [1.807, 2.05) is 30.3 Å². The lowest BCUT2D eigenvalue weighted by atomic mass is 10.0. The maximum Gasteiger partial charge on any atom is 0.264 e. The standard InChI is InChI=1S/C26H27N3O/c1-2-3-4-5-6-9-17-27-21-16-15-20-24-18(21)11-10-12-19(24)25-28-22-13-7-8-14-23(22)29(25)26(20)30/h7-8,10-16,27H,2-6,9,17H2,1H3. The molecule has 0 radical (unpaired) electrons. The van der Waals surface area contributed by atoms with Crippen LogP contribution in [0.15, 0.2) is 59.4 Å². The predicted molar refractivity (Wildman–Crippen MR) is 127 cm³/mol. The van der Waals surface area contributed by atoms with Crippen molar-refractivity contribution in [2.75, 3.05) is 11.9 Å². The summed E-state index contributed by atoms with van der Waals surface area (Å²) in [5.41, 5.74) is 3.57. The molecule has 0 amide bonds. The van der Waals surface area contributed by atoms with Gasteiger partial charge in [-0.2, -0.15) is 0 Å². The minimum atomic E-state index is 0.00451. The quantitative estimate of drug-likeness (QED) is 0.310. The lowest BCUT2D eigenvalue weighted by Gasteiger charge is -2.13. The molecular weight excluding hydrogens is 370 g/mol. The molecule has 1 N–H and O–H groups in total. The topological polar surface area (TPSA) is 46.4 Å². The number of imidazole rings is 1. The van der Waals surface area contributed by atoms with Crippen LogP contribution in [-0.2, 0) is 0 Å². The molecule has 0 spiro atoms. The third-order valence-corrected chi connectivity index (χ3v) is 6.12. The average molecular weight is 398 g/mol. The third kappa shape index (κ3) is 3.07. The molecule has 0 bridgehead atoms. The van der Waals surface area contributed by atoms with Gasteiger partial charge in [-0.3, -0.25) is 9.20 Å². The van der Waals surface area contributed by atoms with Gasteiger partial charge in [-0.15, -0.1) is 0 Å². The fraction of sp³-hybridized carbons (Fsp3) is 0.308. The first kappa shape index (κ1) is 18.9. The highest BCUT2D eigenvalue weighted by atomic mass is 16.1. The van der Waals surface area contributed by atoms with Crippen molar-refractivity contribution in [3.63, 3.8) is 0 Å². The summed E-state index contributed by atoms with van der Waals surface area (Å²) in [6, 6.07) is 18.1. The van der Waals surface area contributed by atoms with E-state index in [9.17, 15) is 4.79 Å². The number of anilines is 1. The summed E-state index contributed by atoms with van der Waals surface area (Å²) in [5.74, 6) is 0. The van der Waals surface area contributed by atoms with Gasteiger partial charge in [0.25, 0.3) is 5.56 Å². The summed E-state index contributed by atoms with van der Waals surface area (Å²) in [6.45, 7) is 3.20. The molecular formula is C26H27N3O. The van der Waals surface area contributed by atoms with E-state index in [0.717, 1.165) is 50.5 Å². The number of pyridine rings is 1. The van der Waals surface area contributed by atoms with Crippen LogP contribution in [0.1, 0.15) is 45.4 Å². The Morgan fingerprint density at radius 3 is 2.53 bits per heavy atom. The highest BCUT2D eigenvalue weighted by molar-refractivity contribution is 6.18. The predicted octanol–water partition coefficient (Wildman–Crippen LogP) is 6.36. The number of benzene rings is 3. The minimum Gasteiger partial charge on any atom is -0.385 e. The second-order valence-electron chi connectivity index (χ2n) is 8.15. The Labute approximate surface area is 175 Å². The van der Waals surface area contributed by atoms with E-state index >= 15 is 0 Å². The summed E-state index contributed by atoms with van der Waals surface area (Å²) < 4.78 is 1.76. The second-order valence-corrected chi connectivity index (χ2v) is 8.15. The van der Waals surface area contributed by atoms with E-state index in [1.165, 1.54) is 38.5 Å². The number of hydrogen-bond donors (Lipinski definition) is 1. The van der Waals surface area contributed by atoms with Crippen molar-refractivity contribution >= 4 is 43.9 Å². The number of nitrogens with one attached hydrogen (secondary N) is 1. The Bertz CT molecular complexity index is 1390. The van der Waals surface area contributed by atoms with Crippen LogP contribution < -0.4 is 10.9 Å². The van der Waals surface area contributed by atoms with Gasteiger partial charge in [0.05, 0.1) is 11.0 Å². The molecule has 2 heterocycles. The zero-order valence-electron chi connectivity index (χ0n) is 17.4. The van der Waals surface area contributed by atoms with Crippen LogP contribution in [-0.4, -0.2) is 15.9 Å². The highest BCUT2D eigenvalue weighted by Crippen LogP contribution is 2.33. The van der Waals surface area contributed by atoms with Gasteiger partial charge >= 0.3 is 0 Å². The second kappa shape index (κ2) is 7.94. The molecule has 4 nitrogen and oxygen atoms in total. The SMILES string of the molecule is CCCCCCCCNc1ccc2c(=O)n3c4ccccc4nc3c3cccc1c23. The van der Waals surface area contributed by atoms with Gasteiger partial charge in [-0.1, -0.05) is 69.4 Å². The summed E-state index contributed by atoms with van der Waals surface area (Å²) in [7, 11) is 0. The number of nitrogens with zero attached hydrogens (tertiary/aromatic N) is 2. The Balaban J connectivity index is 1.55. The number of aromatic nitrogens is 2. The Morgan fingerprint density at radius 1 is 0.833 bits per heavy atom. The van der Waals surface area contributed by atoms with Crippen molar-refractivity contribution in [3.05, 3.63) is 65.0 Å². The average Bonchev–Trinajstić information content (AvgIpc) is 3.17. The van der Waals surface area contributed by atoms with Crippen LogP contribution in [0.2, 0.25) is 0 Å². The molecule has 0 atom stereocenters. The van der Waals surface area contributed by atoms with Gasteiger partial charge in [0.1, 0.15) is 5.65 Å². The van der Waals surface area contributed by atoms with E-state index in [-0.39, 0.29) is 5.56 Å². The van der Waals surface area contributed by atoms with Crippen LogP contribution in [0.5, 0.6) is 0 Å². The molecule has 3 aromatic carbocycles. The van der Waals surface area contributed by atoms with E-state index in [4.69, 9.17) is 4.98 Å². The van der Waals surface area contributed by atoms with Crippen molar-refractivity contribution in [1.29, 1.82) is 0 Å². The molecule has 5 aromatic rings. The first-order valence-corrected chi connectivity index (χ1v) is 11.1. The number of rotatable bonds is 8. The number of hydrogen-bond acceptors (Lipinski definition) is 3. The summed E-state index contributed by atoms with van der Waals surface area (Å²) in [4.78, 5) is 18.2. The summed E-state index contributed by atoms with van der Waals surface area (Å²) in [6.07, 6.45) is 7.69. The summed E-state index contributed by atoms with van der Waals surface area (Å²) in [5, 5.41) is 7.50. The van der Waals surface area contributed by atoms with Crippen molar-refractivity contribution in [2.24, 2.45) is 0 Å². The van der Waals surface area contributed by atoms with Gasteiger partial charge in [0.2, 0.25) is 0 Å². The molecule has 5 rings (SSSR count). The van der Waals surface area contributed by atoms with E-state index in [1.54, 1.807) is 4.40 Å². The molecule has 4 heteroatoms. The zero-order valence-corrected chi connectivity index (χ0v) is 17.4. The highest BCUT2D eigenvalue weighted by Gasteiger charge is 2.16. The Morgan fingerprint density at radius 2 is 1.63 bits per heavy atom. The first-order chi connectivity index (χ1) is 14.8. The lowest BCUT2D eigenvalue weighted by Crippen LogP contribution is -2.13. The smallest absolute Gasteiger partial charge is 0.264 e. The van der Waals surface area contributed by atoms with Crippen molar-refractivity contribution in [1.82, 2.24) is 9.38 Å². The zero-order chi connectivity index (χ0) is 20.5. The fourth-order valence-electron chi connectivity index (χ4n) is 4.59. The molecule has 0 aliphatic heterocycles. The van der Waals surface area contributed by atoms with Gasteiger partial charge < -0.3 is 5.32 Å². The monoisotopic (exact) mass is 397 g/mol. The number of unbranched alkanes of at least 4 members (excludes halogenated alkanes) is 5. The summed E-state index contributed by atoms with van der Waals surface area (Å²) >= 11 is 0. The van der Waals surface area contributed by atoms with Crippen LogP contribution in [0.4, 0.5) is 5.69 Å². The Kier molecular flexibility index (Phi) is 4.99. The van der Waals surface area contributed by atoms with E-state index in [0.29, 0.717) is 0 Å². The molecule has 30 heavy (non-hydrogen) atoms. The van der Waals surface area contributed by atoms with Gasteiger partial charge in [0.15, 0.2) is 0 Å². The largest absolute Gasteiger partial charge is 0.385 e. The molecule has 0 aliphatic carbocycles. The van der Waals surface area contributed by atoms with Crippen molar-refractivity contribution in [2.45, 2.75) is 45.4 Å². The molecule has 0 aliphatic rings. The van der Waals surface area contributed by atoms with E-state index < -0.39 is 0 Å². The molecule has 0 saturated carbocycles. The van der Waals surface area contributed by atoms with E-state index in [2.05, 4.69) is 36.5 Å². The maximum atomic E-state index is 13.4. The van der Waals surface area contributed by atoms with Crippen LogP contribution in [0.3, 0.4) is 0 Å². The number of fused-ring (bicyclic) bond motifs is 4. The maximum absolute atomic E-state index is 13.4. The van der Waals surface area contributed by atoms with Gasteiger partial charge in [-0.25, -0.2) is 4.98 Å². The number of para-hydroxylation sites is 2. The third-order valence-electron chi connectivity index (χ3n) is 6.12. The van der Waals surface area contributed by atoms with Crippen LogP contribution in [0, 0.1) is 0 Å². The molecule has 152 valence electrons. The normalized spacial score (nSPS) is 11.9.